The number of nitrogens with two attached hydrogens (primary N) is 1. The number of fused-ring (bicyclic) bond motifs is 2. The van der Waals surface area contributed by atoms with E-state index in [0.29, 0.717) is 24.1 Å². The van der Waals surface area contributed by atoms with Crippen LogP contribution in [0, 0.1) is 5.92 Å². The lowest BCUT2D eigenvalue weighted by atomic mass is 9.81. The number of carbonyl (C=O) groups excluding carboxylic acids is 1. The molecule has 1 fully saturated rings. The van der Waals surface area contributed by atoms with Crippen LogP contribution in [0.4, 0.5) is 5.82 Å². The summed E-state index contributed by atoms with van der Waals surface area (Å²) in [5.74, 6) is 3.27. The number of aromatic amines is 1. The van der Waals surface area contributed by atoms with E-state index in [-0.39, 0.29) is 5.91 Å². The fraction of sp³-hybridized carbons (Fsp3) is 0.400. The molecule has 0 atom stereocenters. The van der Waals surface area contributed by atoms with E-state index in [9.17, 15) is 4.79 Å². The number of hydrogen-bond acceptors (Lipinski definition) is 5. The van der Waals surface area contributed by atoms with Gasteiger partial charge in [-0.2, -0.15) is 0 Å². The molecule has 33 heavy (non-hydrogen) atoms. The molecule has 0 aliphatic heterocycles. The quantitative estimate of drug-likeness (QED) is 0.410. The molecule has 0 bridgehead atoms. The third-order valence-corrected chi connectivity index (χ3v) is 6.82. The Bertz CT molecular complexity index is 1300. The van der Waals surface area contributed by atoms with Crippen molar-refractivity contribution >= 4 is 28.1 Å². The van der Waals surface area contributed by atoms with Crippen LogP contribution in [0.15, 0.2) is 36.7 Å². The minimum Gasteiger partial charge on any atom is -0.495 e. The second-order valence-electron chi connectivity index (χ2n) is 8.83. The van der Waals surface area contributed by atoms with Crippen molar-refractivity contribution in [1.29, 1.82) is 0 Å². The molecule has 3 aromatic heterocycles. The van der Waals surface area contributed by atoms with E-state index in [2.05, 4.69) is 31.8 Å². The van der Waals surface area contributed by atoms with Gasteiger partial charge in [-0.05, 0) is 43.7 Å². The molecule has 1 aromatic carbocycles. The lowest BCUT2D eigenvalue weighted by Gasteiger charge is -2.28. The Morgan fingerprint density at radius 2 is 2.12 bits per heavy atom. The molecule has 5 rings (SSSR count). The monoisotopic (exact) mass is 446 g/mol. The SMILES string of the molecule is CCC(=O)NC[C@H]1CC[C@H](c2nc(-c3cc4cccc(OC)c4[nH]3)c3c(N)nccn32)CC1. The molecule has 0 unspecified atom stereocenters. The molecule has 1 amide bonds. The molecular formula is C25H30N6O2. The predicted octanol–water partition coefficient (Wildman–Crippen LogP) is 4.27. The highest BCUT2D eigenvalue weighted by atomic mass is 16.5. The van der Waals surface area contributed by atoms with Gasteiger partial charge in [-0.3, -0.25) is 9.20 Å². The average Bonchev–Trinajstić information content (AvgIpc) is 3.45. The zero-order chi connectivity index (χ0) is 22.9. The maximum Gasteiger partial charge on any atom is 0.219 e. The highest BCUT2D eigenvalue weighted by molar-refractivity contribution is 5.93. The number of hydrogen-bond donors (Lipinski definition) is 3. The zero-order valence-electron chi connectivity index (χ0n) is 19.1. The van der Waals surface area contributed by atoms with Crippen molar-refractivity contribution in [1.82, 2.24) is 24.7 Å². The van der Waals surface area contributed by atoms with Crippen LogP contribution in [0.2, 0.25) is 0 Å². The number of carbonyl (C=O) groups is 1. The molecule has 1 aliphatic rings. The van der Waals surface area contributed by atoms with Gasteiger partial charge in [0.1, 0.15) is 28.6 Å². The Kier molecular flexibility index (Phi) is 5.66. The van der Waals surface area contributed by atoms with Crippen LogP contribution in [-0.4, -0.2) is 38.9 Å². The Morgan fingerprint density at radius 3 is 2.88 bits per heavy atom. The van der Waals surface area contributed by atoms with Gasteiger partial charge in [0.15, 0.2) is 0 Å². The number of nitrogens with zero attached hydrogens (tertiary/aromatic N) is 3. The van der Waals surface area contributed by atoms with Crippen LogP contribution in [0.25, 0.3) is 27.8 Å². The lowest BCUT2D eigenvalue weighted by Crippen LogP contribution is -2.30. The van der Waals surface area contributed by atoms with Gasteiger partial charge in [-0.25, -0.2) is 9.97 Å². The molecule has 1 saturated carbocycles. The Labute approximate surface area is 192 Å². The number of H-pyrrole nitrogens is 1. The number of aromatic nitrogens is 4. The number of para-hydroxylation sites is 1. The summed E-state index contributed by atoms with van der Waals surface area (Å²) in [6, 6.07) is 8.06. The highest BCUT2D eigenvalue weighted by Gasteiger charge is 2.28. The van der Waals surface area contributed by atoms with Gasteiger partial charge < -0.3 is 20.8 Å². The van der Waals surface area contributed by atoms with Gasteiger partial charge in [-0.1, -0.05) is 19.1 Å². The van der Waals surface area contributed by atoms with Crippen molar-refractivity contribution in [3.63, 3.8) is 0 Å². The largest absolute Gasteiger partial charge is 0.495 e. The third kappa shape index (κ3) is 3.90. The Morgan fingerprint density at radius 1 is 1.30 bits per heavy atom. The van der Waals surface area contributed by atoms with Crippen molar-refractivity contribution < 1.29 is 9.53 Å². The fourth-order valence-corrected chi connectivity index (χ4v) is 5.00. The zero-order valence-corrected chi connectivity index (χ0v) is 19.1. The van der Waals surface area contributed by atoms with Crippen LogP contribution < -0.4 is 15.8 Å². The lowest BCUT2D eigenvalue weighted by molar-refractivity contribution is -0.121. The summed E-state index contributed by atoms with van der Waals surface area (Å²) in [5, 5.41) is 4.10. The number of rotatable bonds is 6. The molecule has 3 heterocycles. The van der Waals surface area contributed by atoms with Crippen LogP contribution in [0.3, 0.4) is 0 Å². The summed E-state index contributed by atoms with van der Waals surface area (Å²) < 4.78 is 7.62. The van der Waals surface area contributed by atoms with E-state index < -0.39 is 0 Å². The highest BCUT2D eigenvalue weighted by Crippen LogP contribution is 2.39. The number of nitrogen functional groups attached to an aromatic ring is 1. The van der Waals surface area contributed by atoms with Crippen LogP contribution >= 0.6 is 0 Å². The molecular weight excluding hydrogens is 416 g/mol. The molecule has 0 saturated heterocycles. The minimum atomic E-state index is 0.124. The van der Waals surface area contributed by atoms with Crippen molar-refractivity contribution in [2.24, 2.45) is 5.92 Å². The van der Waals surface area contributed by atoms with Crippen LogP contribution in [0.5, 0.6) is 5.75 Å². The molecule has 8 heteroatoms. The number of benzene rings is 1. The van der Waals surface area contributed by atoms with Crippen molar-refractivity contribution in [2.45, 2.75) is 44.9 Å². The molecule has 172 valence electrons. The summed E-state index contributed by atoms with van der Waals surface area (Å²) in [4.78, 5) is 24.5. The summed E-state index contributed by atoms with van der Waals surface area (Å²) in [6.45, 7) is 2.65. The maximum atomic E-state index is 11.6. The van der Waals surface area contributed by atoms with Gasteiger partial charge in [0.25, 0.3) is 0 Å². The van der Waals surface area contributed by atoms with Gasteiger partial charge in [-0.15, -0.1) is 0 Å². The van der Waals surface area contributed by atoms with Crippen molar-refractivity contribution in [3.8, 4) is 17.1 Å². The normalized spacial score (nSPS) is 18.6. The first-order chi connectivity index (χ1) is 16.1. The van der Waals surface area contributed by atoms with E-state index in [1.54, 1.807) is 13.3 Å². The van der Waals surface area contributed by atoms with Gasteiger partial charge in [0.2, 0.25) is 5.91 Å². The topological polar surface area (TPSA) is 110 Å². The van der Waals surface area contributed by atoms with Crippen molar-refractivity contribution in [2.75, 3.05) is 19.4 Å². The molecule has 4 N–H and O–H groups in total. The standard InChI is InChI=1S/C25H30N6O2/c1-3-20(32)28-14-15-7-9-16(10-8-15)25-30-22(23-24(26)27-11-12-31(23)25)18-13-17-5-4-6-19(33-2)21(17)29-18/h4-6,11-13,15-16,29H,3,7-10,14H2,1-2H3,(H2,26,27)(H,28,32)/t15-,16-. The fourth-order valence-electron chi connectivity index (χ4n) is 5.00. The van der Waals surface area contributed by atoms with Gasteiger partial charge in [0, 0.05) is 36.7 Å². The molecule has 0 spiro atoms. The van der Waals surface area contributed by atoms with Crippen LogP contribution in [0.1, 0.15) is 50.8 Å². The number of anilines is 1. The molecule has 4 aromatic rings. The molecule has 0 radical (unpaired) electrons. The van der Waals surface area contributed by atoms with E-state index >= 15 is 0 Å². The summed E-state index contributed by atoms with van der Waals surface area (Å²) >= 11 is 0. The first kappa shape index (κ1) is 21.3. The Balaban J connectivity index is 1.48. The first-order valence-electron chi connectivity index (χ1n) is 11.6. The van der Waals surface area contributed by atoms with E-state index in [0.717, 1.165) is 71.6 Å². The van der Waals surface area contributed by atoms with E-state index in [1.807, 2.05) is 25.3 Å². The maximum absolute atomic E-state index is 11.6. The van der Waals surface area contributed by atoms with Gasteiger partial charge >= 0.3 is 0 Å². The van der Waals surface area contributed by atoms with E-state index in [4.69, 9.17) is 15.5 Å². The molecule has 8 nitrogen and oxygen atoms in total. The first-order valence-corrected chi connectivity index (χ1v) is 11.6. The Hall–Kier alpha value is -3.55. The summed E-state index contributed by atoms with van der Waals surface area (Å²) in [7, 11) is 1.67. The average molecular weight is 447 g/mol. The smallest absolute Gasteiger partial charge is 0.219 e. The number of nitrogens with one attached hydrogen (secondary N) is 2. The molecule has 1 aliphatic carbocycles. The summed E-state index contributed by atoms with van der Waals surface area (Å²) in [5.41, 5.74) is 9.82. The van der Waals surface area contributed by atoms with Crippen molar-refractivity contribution in [3.05, 3.63) is 42.5 Å². The number of methoxy groups -OCH3 is 1. The van der Waals surface area contributed by atoms with Gasteiger partial charge in [0.05, 0.1) is 18.3 Å². The number of amides is 1. The second-order valence-corrected chi connectivity index (χ2v) is 8.83. The second kappa shape index (κ2) is 8.77. The number of imidazole rings is 1. The predicted molar refractivity (Wildman–Crippen MR) is 129 cm³/mol. The van der Waals surface area contributed by atoms with E-state index in [1.165, 1.54) is 0 Å². The third-order valence-electron chi connectivity index (χ3n) is 6.82. The van der Waals surface area contributed by atoms with Crippen LogP contribution in [-0.2, 0) is 4.79 Å². The number of ether oxygens (including phenoxy) is 1. The summed E-state index contributed by atoms with van der Waals surface area (Å²) in [6.07, 6.45) is 8.44. The minimum absolute atomic E-state index is 0.124.